The Labute approximate surface area is 144 Å². The highest BCUT2D eigenvalue weighted by Crippen LogP contribution is 2.33. The standard InChI is InChI=1S/C18H23N2O3P/c1-12-18(21)16(9-19)14(10-20-12)11-22-24-23-17-8-4-6-13-5-2-3-7-15(13)17/h4,6,8,10,21,24H,2-3,5,7,9,11,19H2,1H3. The van der Waals surface area contributed by atoms with E-state index in [9.17, 15) is 5.11 Å². The zero-order valence-corrected chi connectivity index (χ0v) is 14.8. The summed E-state index contributed by atoms with van der Waals surface area (Å²) >= 11 is 0. The average molecular weight is 346 g/mol. The smallest absolute Gasteiger partial charge is 0.215 e. The van der Waals surface area contributed by atoms with E-state index in [-0.39, 0.29) is 21.3 Å². The molecule has 6 heteroatoms. The topological polar surface area (TPSA) is 77.6 Å². The average Bonchev–Trinajstić information content (AvgIpc) is 2.62. The molecule has 0 aliphatic heterocycles. The molecular formula is C18H23N2O3P. The second-order valence-electron chi connectivity index (χ2n) is 5.98. The summed E-state index contributed by atoms with van der Waals surface area (Å²) in [6.45, 7) is 2.33. The van der Waals surface area contributed by atoms with Gasteiger partial charge in [0, 0.05) is 23.9 Å². The molecule has 0 radical (unpaired) electrons. The summed E-state index contributed by atoms with van der Waals surface area (Å²) in [6.07, 6.45) is 6.37. The number of hydrogen-bond acceptors (Lipinski definition) is 5. The molecule has 0 amide bonds. The number of benzene rings is 1. The van der Waals surface area contributed by atoms with Gasteiger partial charge in [0.2, 0.25) is 9.03 Å². The third-order valence-corrected chi connectivity index (χ3v) is 4.99. The summed E-state index contributed by atoms with van der Waals surface area (Å²) in [5.74, 6) is 1.08. The Hall–Kier alpha value is -1.68. The van der Waals surface area contributed by atoms with Crippen LogP contribution in [0.1, 0.15) is 40.8 Å². The van der Waals surface area contributed by atoms with Crippen LogP contribution in [0.15, 0.2) is 24.4 Å². The van der Waals surface area contributed by atoms with Crippen molar-refractivity contribution in [2.75, 3.05) is 0 Å². The Morgan fingerprint density at radius 2 is 2.12 bits per heavy atom. The summed E-state index contributed by atoms with van der Waals surface area (Å²) in [5, 5.41) is 10.0. The molecule has 3 N–H and O–H groups in total. The van der Waals surface area contributed by atoms with Crippen LogP contribution in [0.4, 0.5) is 0 Å². The monoisotopic (exact) mass is 346 g/mol. The summed E-state index contributed by atoms with van der Waals surface area (Å²) in [4.78, 5) is 4.16. The summed E-state index contributed by atoms with van der Waals surface area (Å²) in [5.41, 5.74) is 10.5. The first kappa shape index (κ1) is 17.2. The summed E-state index contributed by atoms with van der Waals surface area (Å²) in [7, 11) is -0.102. The highest BCUT2D eigenvalue weighted by molar-refractivity contribution is 7.26. The minimum absolute atomic E-state index is 0.102. The van der Waals surface area contributed by atoms with Gasteiger partial charge in [0.15, 0.2) is 0 Å². The number of nitrogens with zero attached hydrogens (tertiary/aromatic N) is 1. The molecule has 3 rings (SSSR count). The zero-order valence-electron chi connectivity index (χ0n) is 13.8. The Bertz CT molecular complexity index is 722. The lowest BCUT2D eigenvalue weighted by Gasteiger charge is -2.19. The van der Waals surface area contributed by atoms with E-state index in [2.05, 4.69) is 11.1 Å². The molecule has 128 valence electrons. The molecule has 1 unspecified atom stereocenters. The molecule has 1 aliphatic rings. The zero-order chi connectivity index (χ0) is 16.9. The number of hydrogen-bond donors (Lipinski definition) is 2. The summed E-state index contributed by atoms with van der Waals surface area (Å²) < 4.78 is 11.5. The van der Waals surface area contributed by atoms with Gasteiger partial charge >= 0.3 is 0 Å². The number of rotatable bonds is 6. The van der Waals surface area contributed by atoms with Crippen molar-refractivity contribution in [3.8, 4) is 11.5 Å². The highest BCUT2D eigenvalue weighted by atomic mass is 31.1. The molecular weight excluding hydrogens is 323 g/mol. The third kappa shape index (κ3) is 3.69. The van der Waals surface area contributed by atoms with Crippen molar-refractivity contribution in [3.05, 3.63) is 52.3 Å². The van der Waals surface area contributed by atoms with Crippen LogP contribution in [0.5, 0.6) is 11.5 Å². The van der Waals surface area contributed by atoms with Gasteiger partial charge in [-0.15, -0.1) is 0 Å². The second kappa shape index (κ2) is 7.93. The number of nitrogens with two attached hydrogens (primary N) is 1. The van der Waals surface area contributed by atoms with Gasteiger partial charge in [-0.05, 0) is 49.8 Å². The molecule has 5 nitrogen and oxygen atoms in total. The van der Waals surface area contributed by atoms with E-state index in [1.807, 2.05) is 12.1 Å². The number of aromatic nitrogens is 1. The van der Waals surface area contributed by atoms with Gasteiger partial charge in [-0.1, -0.05) is 12.1 Å². The largest absolute Gasteiger partial charge is 0.506 e. The molecule has 0 saturated carbocycles. The minimum atomic E-state index is -0.102. The SMILES string of the molecule is Cc1ncc(COPOc2cccc3c2CCCC3)c(CN)c1O. The van der Waals surface area contributed by atoms with Gasteiger partial charge < -0.3 is 19.9 Å². The van der Waals surface area contributed by atoms with E-state index < -0.39 is 0 Å². The first-order chi connectivity index (χ1) is 11.7. The molecule has 1 heterocycles. The summed E-state index contributed by atoms with van der Waals surface area (Å²) in [6, 6.07) is 6.23. The van der Waals surface area contributed by atoms with E-state index in [0.717, 1.165) is 24.2 Å². The van der Waals surface area contributed by atoms with Gasteiger partial charge in [0.25, 0.3) is 0 Å². The maximum Gasteiger partial charge on any atom is 0.215 e. The van der Waals surface area contributed by atoms with Crippen molar-refractivity contribution in [3.63, 3.8) is 0 Å². The Balaban J connectivity index is 1.60. The van der Waals surface area contributed by atoms with Crippen LogP contribution in [-0.4, -0.2) is 10.1 Å². The first-order valence-corrected chi connectivity index (χ1v) is 9.03. The van der Waals surface area contributed by atoms with Gasteiger partial charge in [-0.25, -0.2) is 0 Å². The fourth-order valence-corrected chi connectivity index (χ4v) is 3.61. The molecule has 2 aromatic rings. The quantitative estimate of drug-likeness (QED) is 0.618. The van der Waals surface area contributed by atoms with Gasteiger partial charge in [-0.3, -0.25) is 4.98 Å². The molecule has 0 saturated heterocycles. The maximum absolute atomic E-state index is 10.0. The van der Waals surface area contributed by atoms with E-state index in [1.54, 1.807) is 13.1 Å². The van der Waals surface area contributed by atoms with E-state index in [4.69, 9.17) is 14.8 Å². The lowest BCUT2D eigenvalue weighted by atomic mass is 9.91. The maximum atomic E-state index is 10.0. The van der Waals surface area contributed by atoms with Gasteiger partial charge in [0.05, 0.1) is 12.3 Å². The molecule has 0 spiro atoms. The van der Waals surface area contributed by atoms with Crippen molar-refractivity contribution in [1.29, 1.82) is 0 Å². The van der Waals surface area contributed by atoms with Gasteiger partial charge in [-0.2, -0.15) is 0 Å². The second-order valence-corrected chi connectivity index (χ2v) is 6.63. The van der Waals surface area contributed by atoms with E-state index >= 15 is 0 Å². The molecule has 0 bridgehead atoms. The fraction of sp³-hybridized carbons (Fsp3) is 0.389. The van der Waals surface area contributed by atoms with Crippen LogP contribution in [0, 0.1) is 6.92 Å². The fourth-order valence-electron chi connectivity index (χ4n) is 3.06. The Morgan fingerprint density at radius 1 is 1.29 bits per heavy atom. The van der Waals surface area contributed by atoms with Crippen LogP contribution in [0.25, 0.3) is 0 Å². The molecule has 1 aromatic heterocycles. The molecule has 1 aromatic carbocycles. The van der Waals surface area contributed by atoms with Gasteiger partial charge in [0.1, 0.15) is 11.5 Å². The lowest BCUT2D eigenvalue weighted by molar-refractivity contribution is 0.315. The van der Waals surface area contributed by atoms with Crippen LogP contribution < -0.4 is 10.3 Å². The molecule has 1 aliphatic carbocycles. The number of aryl methyl sites for hydroxylation is 2. The Morgan fingerprint density at radius 3 is 2.96 bits per heavy atom. The van der Waals surface area contributed by atoms with Crippen molar-refractivity contribution in [2.45, 2.75) is 45.8 Å². The molecule has 0 fully saturated rings. The predicted molar refractivity (Wildman–Crippen MR) is 95.3 cm³/mol. The predicted octanol–water partition coefficient (Wildman–Crippen LogP) is 3.54. The van der Waals surface area contributed by atoms with Crippen LogP contribution in [0.3, 0.4) is 0 Å². The van der Waals surface area contributed by atoms with E-state index in [0.29, 0.717) is 17.9 Å². The van der Waals surface area contributed by atoms with Crippen LogP contribution in [-0.2, 0) is 30.5 Å². The Kier molecular flexibility index (Phi) is 5.67. The minimum Gasteiger partial charge on any atom is -0.506 e. The van der Waals surface area contributed by atoms with Crippen molar-refractivity contribution >= 4 is 9.03 Å². The van der Waals surface area contributed by atoms with Crippen molar-refractivity contribution in [2.24, 2.45) is 5.73 Å². The number of fused-ring (bicyclic) bond motifs is 1. The van der Waals surface area contributed by atoms with Crippen LogP contribution in [0.2, 0.25) is 0 Å². The van der Waals surface area contributed by atoms with Crippen molar-refractivity contribution < 1.29 is 14.2 Å². The first-order valence-electron chi connectivity index (χ1n) is 8.21. The van der Waals surface area contributed by atoms with Crippen LogP contribution >= 0.6 is 9.03 Å². The van der Waals surface area contributed by atoms with Crippen molar-refractivity contribution in [1.82, 2.24) is 4.98 Å². The number of pyridine rings is 1. The third-order valence-electron chi connectivity index (χ3n) is 4.43. The normalized spacial score (nSPS) is 14.1. The highest BCUT2D eigenvalue weighted by Gasteiger charge is 2.14. The van der Waals surface area contributed by atoms with E-state index in [1.165, 1.54) is 24.0 Å². The lowest BCUT2D eigenvalue weighted by Crippen LogP contribution is -2.05. The molecule has 24 heavy (non-hydrogen) atoms. The molecule has 1 atom stereocenters. The number of aromatic hydroxyl groups is 1.